The molecular weight excluding hydrogens is 1710 g/mol. The van der Waals surface area contributed by atoms with E-state index in [0.717, 1.165) is 6.92 Å². The highest BCUT2D eigenvalue weighted by Crippen LogP contribution is 2.56. The van der Waals surface area contributed by atoms with Crippen LogP contribution in [0, 0.1) is 35.5 Å². The van der Waals surface area contributed by atoms with E-state index in [1.165, 1.54) is 27.0 Å². The molecule has 10 N–H and O–H groups in total. The summed E-state index contributed by atoms with van der Waals surface area (Å²) in [6.07, 6.45) is -51.0. The predicted molar refractivity (Wildman–Crippen MR) is 396 cm³/mol. The fourth-order valence-electron chi connectivity index (χ4n) is 11.7. The van der Waals surface area contributed by atoms with Crippen molar-refractivity contribution in [1.82, 2.24) is 4.72 Å². The van der Waals surface area contributed by atoms with Crippen molar-refractivity contribution < 1.29 is 200 Å². The molecule has 17 unspecified atom stereocenters. The van der Waals surface area contributed by atoms with Gasteiger partial charge in [-0.15, -0.1) is 0 Å². The first-order valence-corrected chi connectivity index (χ1v) is 38.6. The van der Waals surface area contributed by atoms with E-state index in [1.807, 2.05) is 0 Å². The first-order chi connectivity index (χ1) is 53.4. The number of rotatable bonds is 26. The maximum atomic E-state index is 13.2. The van der Waals surface area contributed by atoms with E-state index in [-0.39, 0.29) is 73.5 Å². The number of alkyl halides is 21. The summed E-state index contributed by atoms with van der Waals surface area (Å²) in [5, 5.41) is 87.5. The molecule has 3 aliphatic carbocycles. The highest BCUT2D eigenvalue weighted by molar-refractivity contribution is 7.97. The molecule has 0 spiro atoms. The fourth-order valence-corrected chi connectivity index (χ4v) is 12.2. The third-order valence-corrected chi connectivity index (χ3v) is 19.8. The van der Waals surface area contributed by atoms with Crippen molar-refractivity contribution in [3.05, 3.63) is 72.9 Å². The number of ether oxygens (including phenoxy) is 6. The zero-order valence-electron chi connectivity index (χ0n) is 69.8. The van der Waals surface area contributed by atoms with Gasteiger partial charge in [-0.1, -0.05) is 53.3 Å². The van der Waals surface area contributed by atoms with Crippen molar-refractivity contribution >= 4 is 51.4 Å². The molecule has 0 aromatic rings. The van der Waals surface area contributed by atoms with Crippen LogP contribution in [0.1, 0.15) is 181 Å². The molecule has 0 radical (unpaired) electrons. The first kappa shape index (κ1) is 119. The number of aliphatic hydroxyl groups is 9. The summed E-state index contributed by atoms with van der Waals surface area (Å²) in [7, 11) is -2.21. The van der Waals surface area contributed by atoms with Gasteiger partial charge in [0.2, 0.25) is 0 Å². The van der Waals surface area contributed by atoms with Gasteiger partial charge in [0, 0.05) is 98.4 Å². The van der Waals surface area contributed by atoms with E-state index >= 15 is 0 Å². The first-order valence-electron chi connectivity index (χ1n) is 36.5. The molecule has 0 heterocycles. The van der Waals surface area contributed by atoms with Gasteiger partial charge in [-0.05, 0) is 167 Å². The Morgan fingerprint density at radius 1 is 0.421 bits per heavy atom. The molecule has 45 heteroatoms. The van der Waals surface area contributed by atoms with E-state index in [1.54, 1.807) is 48.5 Å². The van der Waals surface area contributed by atoms with Crippen LogP contribution < -0.4 is 4.72 Å². The monoisotopic (exact) mass is 1820 g/mol. The van der Waals surface area contributed by atoms with Crippen LogP contribution in [0.2, 0.25) is 0 Å². The highest BCUT2D eigenvalue weighted by Gasteiger charge is 2.77. The second-order valence-electron chi connectivity index (χ2n) is 32.3. The Morgan fingerprint density at radius 3 is 1.06 bits per heavy atom. The molecule has 0 saturated heterocycles. The number of halogens is 21. The molecule has 0 aromatic heterocycles. The number of carbonyl (C=O) groups excluding carboxylic acids is 6. The smallest absolute Gasteiger partial charge is 0.426 e. The van der Waals surface area contributed by atoms with Crippen LogP contribution in [0.4, 0.5) is 92.2 Å². The SMILES string of the molecule is C=C(C)C(=O)OC(C)CC(C)(C)O.C=C(C)C(=O)OC(CC(C)C)CC(C)(O)C(F)(F)F.C=C(C)C(=O)OC1CC(C(C)(O)C(F)(F)F)C(O)C(C(O)(C(F)(F)F)C(F)(F)F)C1.C=C(C)C(=O)OC1CC(C(C)(O)C(F)(F)F)CC(C(C)(O)C(F)(F)F)C1.C=C(C)C(=O)OC1CCC(O)C(C(C)(O)C(F)(F)F)C1.C=C(C)C(=O)OCCNS(=C)(C)=O. The Kier molecular flexibility index (Phi) is 44.1. The van der Waals surface area contributed by atoms with Crippen LogP contribution >= 0.6 is 0 Å². The van der Waals surface area contributed by atoms with Crippen molar-refractivity contribution in [2.45, 2.75) is 307 Å². The lowest BCUT2D eigenvalue weighted by Crippen LogP contribution is -2.69. The topological polar surface area (TPSA) is 369 Å². The second-order valence-corrected chi connectivity index (χ2v) is 34.6. The average molecular weight is 1820 g/mol. The standard InChI is InChI=1S/C16H19F9O5.C16H22F6O4.C13H19F3O4.C13H21F3O3.C10H18O3.C8H15NO3S/c1-6(2)11(27)30-7-4-8(12(3,28)14(17,18)19)10(26)9(5-7)13(29,15(20,21)22)16(23,24)25;1-8(2)12(23)26-11-6-9(13(3,24)15(17,18)19)5-10(7-11)14(4,25)16(20,21)22;1-7(2)11(18)20-8-4-5-10(17)9(6-8)12(3,19)13(14,15)16;1-8(2)6-10(19-11(17)9(3)4)7-12(5,18)13(14,15)16;1-7(2)9(11)13-8(3)6-10(4,5)12;1-7(2)8(10)12-6-5-9-13(3,4)11/h7-10,26,28-29H,1,4-5H2,2-3H3;9-11,24-25H,1,5-7H2,2-4H3;8-10,17,19H,1,4-6H2,2-3H3;8,10,18H,3,6-7H2,1-2,4-5H3;8,12H,1,6H2,2-5H3;1,3,5-6H2,2,4H3,(H,9,11). The van der Waals surface area contributed by atoms with Crippen LogP contribution in [-0.4, -0.2) is 236 Å². The molecule has 3 aliphatic rings. The number of aliphatic hydroxyl groups excluding tert-OH is 2. The minimum Gasteiger partial charge on any atom is -0.461 e. The Hall–Kier alpha value is -6.59. The van der Waals surface area contributed by atoms with E-state index in [0.29, 0.717) is 51.8 Å². The van der Waals surface area contributed by atoms with Crippen LogP contribution in [0.5, 0.6) is 0 Å². The van der Waals surface area contributed by atoms with Crippen LogP contribution in [-0.2, 0) is 66.9 Å². The molecule has 0 amide bonds. The number of hydrogen-bond acceptors (Lipinski definition) is 22. The van der Waals surface area contributed by atoms with Gasteiger partial charge >= 0.3 is 79.0 Å². The van der Waals surface area contributed by atoms with Gasteiger partial charge in [0.1, 0.15) is 37.1 Å². The van der Waals surface area contributed by atoms with Crippen molar-refractivity contribution in [3.8, 4) is 0 Å². The maximum absolute atomic E-state index is 13.2. The molecule has 3 rings (SSSR count). The lowest BCUT2D eigenvalue weighted by Gasteiger charge is -2.50. The van der Waals surface area contributed by atoms with Crippen molar-refractivity contribution in [3.63, 3.8) is 0 Å². The lowest BCUT2D eigenvalue weighted by molar-refractivity contribution is -0.400. The lowest BCUT2D eigenvalue weighted by atomic mass is 9.64. The molecule has 23 nitrogen and oxygen atoms in total. The molecule has 708 valence electrons. The molecular formula is C76H114F21NO22S. The molecule has 3 saturated carbocycles. The third-order valence-electron chi connectivity index (χ3n) is 19.0. The summed E-state index contributed by atoms with van der Waals surface area (Å²) >= 11 is 0. The van der Waals surface area contributed by atoms with Crippen LogP contribution in [0.3, 0.4) is 0 Å². The number of nitrogens with one attached hydrogen (secondary N) is 1. The molecule has 17 atom stereocenters. The fraction of sp³-hybridized carbons (Fsp3) is 0.750. The Morgan fingerprint density at radius 2 is 0.744 bits per heavy atom. The molecule has 0 bridgehead atoms. The zero-order valence-corrected chi connectivity index (χ0v) is 70.6. The summed E-state index contributed by atoms with van der Waals surface area (Å²) in [5.74, 6) is -12.0. The third kappa shape index (κ3) is 37.6. The normalized spacial score (nSPS) is 24.1. The van der Waals surface area contributed by atoms with E-state index in [2.05, 4.69) is 54.8 Å². The van der Waals surface area contributed by atoms with Crippen molar-refractivity contribution in [1.29, 1.82) is 0 Å². The maximum Gasteiger partial charge on any atom is 0.426 e. The molecule has 3 fully saturated rings. The van der Waals surface area contributed by atoms with Gasteiger partial charge in [-0.3, -0.25) is 4.21 Å². The molecule has 0 aliphatic heterocycles. The van der Waals surface area contributed by atoms with Gasteiger partial charge < -0.3 is 74.4 Å². The Labute approximate surface area is 687 Å². The average Bonchev–Trinajstić information content (AvgIpc) is 0.726. The summed E-state index contributed by atoms with van der Waals surface area (Å²) in [5.41, 5.74) is -22.4. The number of hydrogen-bond donors (Lipinski definition) is 10. The van der Waals surface area contributed by atoms with E-state index in [4.69, 9.17) is 23.7 Å². The Balaban J connectivity index is -0.00000142. The Bertz CT molecular complexity index is 3560. The number of esters is 6. The minimum atomic E-state index is -6.47. The van der Waals surface area contributed by atoms with E-state index < -0.39 is 233 Å². The van der Waals surface area contributed by atoms with E-state index in [9.17, 15) is 171 Å². The highest BCUT2D eigenvalue weighted by atomic mass is 32.2. The van der Waals surface area contributed by atoms with Crippen molar-refractivity contribution in [2.75, 3.05) is 19.4 Å². The summed E-state index contributed by atoms with van der Waals surface area (Å²) < 4.78 is 317. The summed E-state index contributed by atoms with van der Waals surface area (Å²) in [4.78, 5) is 67.9. The molecule has 121 heavy (non-hydrogen) atoms. The summed E-state index contributed by atoms with van der Waals surface area (Å²) in [6.45, 7) is 39.9. The van der Waals surface area contributed by atoms with Gasteiger partial charge in [0.25, 0.3) is 5.60 Å². The van der Waals surface area contributed by atoms with Gasteiger partial charge in [0.05, 0.1) is 17.8 Å². The van der Waals surface area contributed by atoms with Gasteiger partial charge in [-0.25, -0.2) is 33.5 Å². The second kappa shape index (κ2) is 45.0. The zero-order chi connectivity index (χ0) is 97.1. The van der Waals surface area contributed by atoms with Gasteiger partial charge in [0.15, 0.2) is 28.0 Å². The quantitative estimate of drug-likeness (QED) is 0.00960. The number of carbonyl (C=O) groups is 6. The largest absolute Gasteiger partial charge is 0.461 e. The van der Waals surface area contributed by atoms with Crippen LogP contribution in [0.25, 0.3) is 0 Å². The minimum absolute atomic E-state index is 0.0328. The van der Waals surface area contributed by atoms with Crippen LogP contribution in [0.15, 0.2) is 72.9 Å². The summed E-state index contributed by atoms with van der Waals surface area (Å²) in [6, 6.07) is 0. The molecule has 0 aromatic carbocycles. The van der Waals surface area contributed by atoms with Gasteiger partial charge in [-0.2, -0.15) is 92.2 Å². The predicted octanol–water partition coefficient (Wildman–Crippen LogP) is 13.3. The van der Waals surface area contributed by atoms with Crippen molar-refractivity contribution in [2.24, 2.45) is 35.5 Å².